The molecule has 0 radical (unpaired) electrons. The van der Waals surface area contributed by atoms with Gasteiger partial charge in [-0.05, 0) is 42.3 Å². The van der Waals surface area contributed by atoms with Crippen LogP contribution < -0.4 is 14.8 Å². The molecule has 0 aromatic heterocycles. The summed E-state index contributed by atoms with van der Waals surface area (Å²) in [5, 5.41) is 3.47. The molecule has 0 aliphatic carbocycles. The van der Waals surface area contributed by atoms with Gasteiger partial charge >= 0.3 is 0 Å². The van der Waals surface area contributed by atoms with Gasteiger partial charge in [0.1, 0.15) is 0 Å². The number of methoxy groups -OCH3 is 1. The van der Waals surface area contributed by atoms with Gasteiger partial charge in [-0.1, -0.05) is 42.0 Å². The zero-order valence-electron chi connectivity index (χ0n) is 13.7. The van der Waals surface area contributed by atoms with E-state index >= 15 is 0 Å². The highest BCUT2D eigenvalue weighted by molar-refractivity contribution is 6.30. The van der Waals surface area contributed by atoms with E-state index in [9.17, 15) is 4.79 Å². The Hall–Kier alpha value is -2.46. The Balaban J connectivity index is 1.88. The normalized spacial score (nSPS) is 10.6. The number of ether oxygens (including phenoxy) is 2. The summed E-state index contributed by atoms with van der Waals surface area (Å²) < 4.78 is 10.9. The molecule has 2 aromatic carbocycles. The maximum Gasteiger partial charge on any atom is 0.258 e. The molecule has 1 N–H and O–H groups in total. The Bertz CT molecular complexity index is 711. The van der Waals surface area contributed by atoms with Gasteiger partial charge < -0.3 is 14.8 Å². The van der Waals surface area contributed by atoms with Gasteiger partial charge in [-0.2, -0.15) is 0 Å². The third-order valence-electron chi connectivity index (χ3n) is 3.31. The highest BCUT2D eigenvalue weighted by atomic mass is 35.5. The molecule has 1 amide bonds. The Morgan fingerprint density at radius 3 is 2.58 bits per heavy atom. The molecule has 0 bridgehead atoms. The molecule has 5 heteroatoms. The number of nitrogens with one attached hydrogen (secondary N) is 1. The van der Waals surface area contributed by atoms with Gasteiger partial charge in [0, 0.05) is 11.6 Å². The smallest absolute Gasteiger partial charge is 0.258 e. The average molecular weight is 346 g/mol. The van der Waals surface area contributed by atoms with Gasteiger partial charge in [0.05, 0.1) is 7.11 Å². The Kier molecular flexibility index (Phi) is 6.70. The second-order valence-electron chi connectivity index (χ2n) is 5.10. The van der Waals surface area contributed by atoms with Crippen molar-refractivity contribution in [3.05, 3.63) is 64.7 Å². The van der Waals surface area contributed by atoms with Gasteiger partial charge in [0.15, 0.2) is 18.1 Å². The maximum atomic E-state index is 11.9. The SMILES string of the molecule is C/C=C/c1ccc(OCC(=O)NCc2ccc(Cl)cc2)c(OC)c1. The summed E-state index contributed by atoms with van der Waals surface area (Å²) in [4.78, 5) is 11.9. The number of carbonyl (C=O) groups excluding carboxylic acids is 1. The third-order valence-corrected chi connectivity index (χ3v) is 3.56. The van der Waals surface area contributed by atoms with Crippen molar-refractivity contribution in [3.63, 3.8) is 0 Å². The molecule has 0 atom stereocenters. The van der Waals surface area contributed by atoms with Crippen molar-refractivity contribution in [2.45, 2.75) is 13.5 Å². The molecule has 2 aromatic rings. The predicted octanol–water partition coefficient (Wildman–Crippen LogP) is 4.08. The summed E-state index contributed by atoms with van der Waals surface area (Å²) >= 11 is 5.83. The number of rotatable bonds is 7. The molecule has 24 heavy (non-hydrogen) atoms. The van der Waals surface area contributed by atoms with Crippen LogP contribution in [-0.2, 0) is 11.3 Å². The molecule has 0 spiro atoms. The van der Waals surface area contributed by atoms with Crippen molar-refractivity contribution in [2.24, 2.45) is 0 Å². The number of benzene rings is 2. The molecule has 4 nitrogen and oxygen atoms in total. The van der Waals surface area contributed by atoms with E-state index in [0.717, 1.165) is 11.1 Å². The first-order chi connectivity index (χ1) is 11.6. The maximum absolute atomic E-state index is 11.9. The van der Waals surface area contributed by atoms with E-state index in [1.54, 1.807) is 25.3 Å². The van der Waals surface area contributed by atoms with Crippen LogP contribution in [0.1, 0.15) is 18.1 Å². The van der Waals surface area contributed by atoms with Crippen LogP contribution in [0.15, 0.2) is 48.5 Å². The number of halogens is 1. The fourth-order valence-electron chi connectivity index (χ4n) is 2.10. The third kappa shape index (κ3) is 5.32. The van der Waals surface area contributed by atoms with Crippen molar-refractivity contribution in [1.29, 1.82) is 0 Å². The molecule has 2 rings (SSSR count). The van der Waals surface area contributed by atoms with Gasteiger partial charge in [0.2, 0.25) is 0 Å². The zero-order valence-corrected chi connectivity index (χ0v) is 14.5. The molecule has 0 fully saturated rings. The highest BCUT2D eigenvalue weighted by Crippen LogP contribution is 2.28. The van der Waals surface area contributed by atoms with E-state index in [-0.39, 0.29) is 12.5 Å². The first-order valence-corrected chi connectivity index (χ1v) is 7.95. The molecular formula is C19H20ClNO3. The zero-order chi connectivity index (χ0) is 17.4. The van der Waals surface area contributed by atoms with E-state index in [1.165, 1.54) is 0 Å². The van der Waals surface area contributed by atoms with Crippen LogP contribution in [0.5, 0.6) is 11.5 Å². The Morgan fingerprint density at radius 1 is 1.17 bits per heavy atom. The molecule has 0 unspecified atom stereocenters. The second-order valence-corrected chi connectivity index (χ2v) is 5.54. The number of hydrogen-bond donors (Lipinski definition) is 1. The van der Waals surface area contributed by atoms with E-state index in [4.69, 9.17) is 21.1 Å². The molecule has 0 heterocycles. The average Bonchev–Trinajstić information content (AvgIpc) is 2.60. The van der Waals surface area contributed by atoms with Crippen LogP contribution in [0.2, 0.25) is 5.02 Å². The molecule has 126 valence electrons. The van der Waals surface area contributed by atoms with Crippen LogP contribution in [-0.4, -0.2) is 19.6 Å². The Labute approximate surface area is 147 Å². The lowest BCUT2D eigenvalue weighted by atomic mass is 10.2. The lowest BCUT2D eigenvalue weighted by Gasteiger charge is -2.11. The lowest BCUT2D eigenvalue weighted by Crippen LogP contribution is -2.28. The minimum atomic E-state index is -0.204. The predicted molar refractivity (Wildman–Crippen MR) is 96.5 cm³/mol. The van der Waals surface area contributed by atoms with Crippen molar-refractivity contribution in [3.8, 4) is 11.5 Å². The first-order valence-electron chi connectivity index (χ1n) is 7.57. The van der Waals surface area contributed by atoms with Gasteiger partial charge in [-0.15, -0.1) is 0 Å². The van der Waals surface area contributed by atoms with E-state index in [1.807, 2.05) is 43.3 Å². The van der Waals surface area contributed by atoms with E-state index < -0.39 is 0 Å². The molecule has 0 saturated carbocycles. The van der Waals surface area contributed by atoms with Crippen LogP contribution in [0.3, 0.4) is 0 Å². The van der Waals surface area contributed by atoms with Gasteiger partial charge in [-0.25, -0.2) is 0 Å². The van der Waals surface area contributed by atoms with Crippen molar-refractivity contribution in [1.82, 2.24) is 5.32 Å². The monoisotopic (exact) mass is 345 g/mol. The van der Waals surface area contributed by atoms with Crippen LogP contribution >= 0.6 is 11.6 Å². The van der Waals surface area contributed by atoms with Crippen LogP contribution in [0.25, 0.3) is 6.08 Å². The molecule has 0 saturated heterocycles. The lowest BCUT2D eigenvalue weighted by molar-refractivity contribution is -0.123. The fraction of sp³-hybridized carbons (Fsp3) is 0.211. The second kappa shape index (κ2) is 8.99. The molecular weight excluding hydrogens is 326 g/mol. The number of allylic oxidation sites excluding steroid dienone is 1. The summed E-state index contributed by atoms with van der Waals surface area (Å²) in [6.07, 6.45) is 3.91. The van der Waals surface area contributed by atoms with Crippen LogP contribution in [0.4, 0.5) is 0 Å². The summed E-state index contributed by atoms with van der Waals surface area (Å²) in [7, 11) is 1.57. The van der Waals surface area contributed by atoms with Crippen LogP contribution in [0, 0.1) is 0 Å². The molecule has 0 aliphatic heterocycles. The minimum Gasteiger partial charge on any atom is -0.493 e. The standard InChI is InChI=1S/C19H20ClNO3/c1-3-4-14-7-10-17(18(11-14)23-2)24-13-19(22)21-12-15-5-8-16(20)9-6-15/h3-11H,12-13H2,1-2H3,(H,21,22)/b4-3+. The Morgan fingerprint density at radius 2 is 1.92 bits per heavy atom. The molecule has 0 aliphatic rings. The number of amides is 1. The first kappa shape index (κ1) is 17.9. The van der Waals surface area contributed by atoms with Crippen molar-refractivity contribution >= 4 is 23.6 Å². The topological polar surface area (TPSA) is 47.6 Å². The largest absolute Gasteiger partial charge is 0.493 e. The van der Waals surface area contributed by atoms with Crippen molar-refractivity contribution in [2.75, 3.05) is 13.7 Å². The fourth-order valence-corrected chi connectivity index (χ4v) is 2.22. The number of hydrogen-bond acceptors (Lipinski definition) is 3. The quantitative estimate of drug-likeness (QED) is 0.822. The minimum absolute atomic E-state index is 0.0765. The van der Waals surface area contributed by atoms with E-state index in [2.05, 4.69) is 5.32 Å². The highest BCUT2D eigenvalue weighted by Gasteiger charge is 2.08. The van der Waals surface area contributed by atoms with E-state index in [0.29, 0.717) is 23.1 Å². The summed E-state index contributed by atoms with van der Waals surface area (Å²) in [5.41, 5.74) is 1.98. The van der Waals surface area contributed by atoms with Gasteiger partial charge in [-0.3, -0.25) is 4.79 Å². The number of carbonyl (C=O) groups is 1. The van der Waals surface area contributed by atoms with Crippen molar-refractivity contribution < 1.29 is 14.3 Å². The summed E-state index contributed by atoms with van der Waals surface area (Å²) in [6.45, 7) is 2.30. The summed E-state index contributed by atoms with van der Waals surface area (Å²) in [5.74, 6) is 0.924. The van der Waals surface area contributed by atoms with Gasteiger partial charge in [0.25, 0.3) is 5.91 Å². The summed E-state index contributed by atoms with van der Waals surface area (Å²) in [6, 6.07) is 12.9.